The lowest BCUT2D eigenvalue weighted by molar-refractivity contribution is 0.730. The summed E-state index contributed by atoms with van der Waals surface area (Å²) in [5.41, 5.74) is 15.8. The molecule has 0 radical (unpaired) electrons. The summed E-state index contributed by atoms with van der Waals surface area (Å²) in [4.78, 5) is 19.1. The molecule has 5 heterocycles. The van der Waals surface area contributed by atoms with Gasteiger partial charge in [0.1, 0.15) is 11.6 Å². The topological polar surface area (TPSA) is 50.1 Å². The first-order chi connectivity index (χ1) is 34.7. The number of nitrogens with zero attached hydrogens (tertiary/aromatic N) is 6. The number of anilines is 6. The monoisotopic (exact) mass is 896 g/mol. The number of hydrogen-bond acceptors (Lipinski definition) is 5. The van der Waals surface area contributed by atoms with Crippen LogP contribution in [0.3, 0.4) is 0 Å². The molecular weight excluding hydrogens is 853 g/mol. The van der Waals surface area contributed by atoms with Crippen molar-refractivity contribution in [3.8, 4) is 28.1 Å². The van der Waals surface area contributed by atoms with Crippen molar-refractivity contribution in [1.29, 1.82) is 0 Å². The minimum absolute atomic E-state index is 0.626. The van der Waals surface area contributed by atoms with Gasteiger partial charge in [0.15, 0.2) is 0 Å². The minimum atomic E-state index is -0.626. The van der Waals surface area contributed by atoms with E-state index < -0.39 is 5.41 Å². The molecule has 1 aliphatic heterocycles. The first kappa shape index (κ1) is 40.8. The van der Waals surface area contributed by atoms with Crippen molar-refractivity contribution in [3.63, 3.8) is 0 Å². The van der Waals surface area contributed by atoms with Crippen molar-refractivity contribution >= 4 is 56.1 Å². The average Bonchev–Trinajstić information content (AvgIpc) is 3.78. The van der Waals surface area contributed by atoms with Crippen LogP contribution in [0.2, 0.25) is 0 Å². The van der Waals surface area contributed by atoms with E-state index in [2.05, 4.69) is 267 Å². The van der Waals surface area contributed by atoms with Gasteiger partial charge in [-0.2, -0.15) is 0 Å². The lowest BCUT2D eigenvalue weighted by atomic mass is 9.62. The zero-order chi connectivity index (χ0) is 46.4. The molecule has 330 valence electrons. The Morgan fingerprint density at radius 1 is 0.343 bits per heavy atom. The Morgan fingerprint density at radius 3 is 1.23 bits per heavy atom. The van der Waals surface area contributed by atoms with Crippen LogP contribution >= 0.6 is 0 Å². The normalized spacial score (nSPS) is 12.7. The van der Waals surface area contributed by atoms with Crippen molar-refractivity contribution < 1.29 is 0 Å². The third-order valence-electron chi connectivity index (χ3n) is 13.9. The van der Waals surface area contributed by atoms with Crippen LogP contribution in [0.5, 0.6) is 0 Å². The molecule has 0 saturated carbocycles. The van der Waals surface area contributed by atoms with E-state index in [-0.39, 0.29) is 0 Å². The zero-order valence-corrected chi connectivity index (χ0v) is 38.1. The van der Waals surface area contributed by atoms with Crippen LogP contribution in [0, 0.1) is 0 Å². The van der Waals surface area contributed by atoms with Crippen LogP contribution < -0.4 is 9.80 Å². The van der Waals surface area contributed by atoms with Crippen LogP contribution in [0.4, 0.5) is 34.3 Å². The lowest BCUT2D eigenvalue weighted by Crippen LogP contribution is -2.38. The fourth-order valence-electron chi connectivity index (χ4n) is 10.8. The van der Waals surface area contributed by atoms with E-state index >= 15 is 0 Å². The summed E-state index contributed by atoms with van der Waals surface area (Å²) in [5.74, 6) is 1.59. The van der Waals surface area contributed by atoms with E-state index in [4.69, 9.17) is 4.98 Å². The molecule has 12 aromatic rings. The van der Waals surface area contributed by atoms with E-state index in [0.717, 1.165) is 73.4 Å². The van der Waals surface area contributed by atoms with Gasteiger partial charge < -0.3 is 4.90 Å². The molecule has 6 heteroatoms. The van der Waals surface area contributed by atoms with Gasteiger partial charge in [-0.05, 0) is 117 Å². The average molecular weight is 897 g/mol. The Labute approximate surface area is 406 Å². The molecule has 0 saturated heterocycles. The van der Waals surface area contributed by atoms with Gasteiger partial charge in [-0.3, -0.25) is 19.4 Å². The van der Waals surface area contributed by atoms with Crippen LogP contribution in [0.15, 0.2) is 267 Å². The second-order valence-electron chi connectivity index (χ2n) is 17.7. The number of fused-ring (bicyclic) bond motifs is 5. The Balaban J connectivity index is 1.09. The quantitative estimate of drug-likeness (QED) is 0.144. The van der Waals surface area contributed by atoms with Crippen molar-refractivity contribution in [3.05, 3.63) is 290 Å². The van der Waals surface area contributed by atoms with E-state index in [0.29, 0.717) is 0 Å². The molecule has 70 heavy (non-hydrogen) atoms. The van der Waals surface area contributed by atoms with Crippen LogP contribution in [-0.4, -0.2) is 19.5 Å². The third kappa shape index (κ3) is 6.68. The van der Waals surface area contributed by atoms with Gasteiger partial charge in [0.05, 0.1) is 33.5 Å². The zero-order valence-electron chi connectivity index (χ0n) is 38.1. The summed E-state index contributed by atoms with van der Waals surface area (Å²) in [6, 6.07) is 87.4. The number of hydrogen-bond donors (Lipinski definition) is 0. The van der Waals surface area contributed by atoms with Gasteiger partial charge in [-0.15, -0.1) is 0 Å². The standard InChI is InChI=1S/C64H44N6/c1-3-15-49(16-4-1)64(50-17-5-2-6-18-50)56-21-9-13-25-60(56)70(61-26-14-10-22-57(61)64)63-44-53(43-62(67-63)69-58-23-11-7-19-54(58)55-20-8-12-24-59(55)69)68(51-31-27-45(28-32-51)47-35-39-65-40-36-47)52-33-29-46(30-34-52)48-37-41-66-42-38-48/h1-44H. The summed E-state index contributed by atoms with van der Waals surface area (Å²) in [6.45, 7) is 0. The summed E-state index contributed by atoms with van der Waals surface area (Å²) < 4.78 is 2.33. The van der Waals surface area contributed by atoms with E-state index in [1.165, 1.54) is 33.0 Å². The van der Waals surface area contributed by atoms with Gasteiger partial charge in [0.25, 0.3) is 0 Å². The molecule has 0 fully saturated rings. The van der Waals surface area contributed by atoms with Gasteiger partial charge >= 0.3 is 0 Å². The number of aromatic nitrogens is 4. The number of para-hydroxylation sites is 4. The predicted molar refractivity (Wildman–Crippen MR) is 286 cm³/mol. The fraction of sp³-hybridized carbons (Fsp3) is 0.0156. The van der Waals surface area contributed by atoms with E-state index in [9.17, 15) is 0 Å². The molecule has 0 amide bonds. The third-order valence-corrected chi connectivity index (χ3v) is 13.9. The SMILES string of the molecule is c1ccc(C2(c3ccccc3)c3ccccc3N(c3cc(N(c4ccc(-c5ccncc5)cc4)c4ccc(-c5ccncc5)cc4)cc(-n4c5ccccc5c5ccccc54)n3)c3ccccc32)cc1. The highest BCUT2D eigenvalue weighted by Crippen LogP contribution is 2.58. The second-order valence-corrected chi connectivity index (χ2v) is 17.7. The molecule has 4 aromatic heterocycles. The number of benzene rings is 8. The Bertz CT molecular complexity index is 3590. The largest absolute Gasteiger partial charge is 0.310 e. The van der Waals surface area contributed by atoms with E-state index in [1.807, 2.05) is 24.8 Å². The van der Waals surface area contributed by atoms with Crippen molar-refractivity contribution in [1.82, 2.24) is 19.5 Å². The Morgan fingerprint density at radius 2 is 0.743 bits per heavy atom. The van der Waals surface area contributed by atoms with Crippen molar-refractivity contribution in [2.75, 3.05) is 9.80 Å². The molecule has 6 nitrogen and oxygen atoms in total. The van der Waals surface area contributed by atoms with Crippen LogP contribution in [-0.2, 0) is 5.41 Å². The minimum Gasteiger partial charge on any atom is -0.310 e. The summed E-state index contributed by atoms with van der Waals surface area (Å²) in [7, 11) is 0. The Hall–Kier alpha value is -9.39. The molecule has 0 bridgehead atoms. The van der Waals surface area contributed by atoms with Crippen LogP contribution in [0.25, 0.3) is 49.9 Å². The highest BCUT2D eigenvalue weighted by atomic mass is 15.2. The van der Waals surface area contributed by atoms with Gasteiger partial charge in [-0.1, -0.05) is 158 Å². The maximum absolute atomic E-state index is 5.82. The number of rotatable bonds is 9. The number of pyridine rings is 3. The molecule has 0 atom stereocenters. The summed E-state index contributed by atoms with van der Waals surface area (Å²) in [5, 5.41) is 2.34. The molecule has 8 aromatic carbocycles. The first-order valence-corrected chi connectivity index (χ1v) is 23.7. The predicted octanol–water partition coefficient (Wildman–Crippen LogP) is 15.9. The lowest BCUT2D eigenvalue weighted by Gasteiger charge is -2.46. The molecule has 0 unspecified atom stereocenters. The molecular formula is C64H44N6. The molecule has 0 aliphatic carbocycles. The van der Waals surface area contributed by atoms with E-state index in [1.54, 1.807) is 0 Å². The van der Waals surface area contributed by atoms with Gasteiger partial charge in [0, 0.05) is 59.1 Å². The summed E-state index contributed by atoms with van der Waals surface area (Å²) >= 11 is 0. The smallest absolute Gasteiger partial charge is 0.142 e. The Kier molecular flexibility index (Phi) is 9.95. The van der Waals surface area contributed by atoms with Gasteiger partial charge in [0.2, 0.25) is 0 Å². The summed E-state index contributed by atoms with van der Waals surface area (Å²) in [6.07, 6.45) is 7.37. The van der Waals surface area contributed by atoms with Gasteiger partial charge in [-0.25, -0.2) is 4.98 Å². The maximum Gasteiger partial charge on any atom is 0.142 e. The molecule has 13 rings (SSSR count). The molecule has 0 spiro atoms. The van der Waals surface area contributed by atoms with Crippen LogP contribution in [0.1, 0.15) is 22.3 Å². The maximum atomic E-state index is 5.82. The molecule has 1 aliphatic rings. The highest BCUT2D eigenvalue weighted by Gasteiger charge is 2.46. The highest BCUT2D eigenvalue weighted by molar-refractivity contribution is 6.09. The van der Waals surface area contributed by atoms with Crippen molar-refractivity contribution in [2.45, 2.75) is 5.41 Å². The second kappa shape index (κ2) is 17.0. The fourth-order valence-corrected chi connectivity index (χ4v) is 10.8. The van der Waals surface area contributed by atoms with Crippen molar-refractivity contribution in [2.24, 2.45) is 0 Å². The first-order valence-electron chi connectivity index (χ1n) is 23.7. The molecule has 0 N–H and O–H groups in total.